The van der Waals surface area contributed by atoms with E-state index in [0.717, 1.165) is 18.8 Å². The quantitative estimate of drug-likeness (QED) is 0.697. The van der Waals surface area contributed by atoms with Crippen LogP contribution in [-0.2, 0) is 6.54 Å². The molecule has 1 aromatic carbocycles. The molecule has 0 aromatic heterocycles. The first-order valence-corrected chi connectivity index (χ1v) is 5.17. The van der Waals surface area contributed by atoms with E-state index in [4.69, 9.17) is 16.3 Å². The monoisotopic (exact) mass is 213 g/mol. The van der Waals surface area contributed by atoms with Gasteiger partial charge in [0.2, 0.25) is 0 Å². The Labute approximate surface area is 90.4 Å². The lowest BCUT2D eigenvalue weighted by Gasteiger charge is -2.15. The minimum Gasteiger partial charge on any atom is -0.497 e. The molecule has 0 aliphatic carbocycles. The van der Waals surface area contributed by atoms with Gasteiger partial charge in [0.05, 0.1) is 7.11 Å². The van der Waals surface area contributed by atoms with Gasteiger partial charge in [0.25, 0.3) is 0 Å². The molecular weight excluding hydrogens is 198 g/mol. The predicted octanol–water partition coefficient (Wildman–Crippen LogP) is 2.37. The highest BCUT2D eigenvalue weighted by molar-refractivity contribution is 6.18. The number of hydrogen-bond acceptors (Lipinski definition) is 2. The topological polar surface area (TPSA) is 12.5 Å². The van der Waals surface area contributed by atoms with Gasteiger partial charge in [0, 0.05) is 19.0 Å². The Morgan fingerprint density at radius 3 is 2.86 bits per heavy atom. The number of rotatable bonds is 5. The molecule has 78 valence electrons. The Morgan fingerprint density at radius 1 is 1.43 bits per heavy atom. The third kappa shape index (κ3) is 3.56. The van der Waals surface area contributed by atoms with Crippen molar-refractivity contribution in [3.05, 3.63) is 29.8 Å². The minimum absolute atomic E-state index is 0.667. The van der Waals surface area contributed by atoms with Crippen LogP contribution in [0.4, 0.5) is 0 Å². The molecule has 3 heteroatoms. The second kappa shape index (κ2) is 5.89. The molecule has 14 heavy (non-hydrogen) atoms. The summed E-state index contributed by atoms with van der Waals surface area (Å²) in [6, 6.07) is 8.09. The molecular formula is C11H16ClNO. The van der Waals surface area contributed by atoms with Crippen LogP contribution in [0.2, 0.25) is 0 Å². The molecule has 0 amide bonds. The van der Waals surface area contributed by atoms with E-state index in [2.05, 4.69) is 18.0 Å². The fourth-order valence-electron chi connectivity index (χ4n) is 1.31. The van der Waals surface area contributed by atoms with Crippen molar-refractivity contribution in [2.24, 2.45) is 0 Å². The molecule has 0 heterocycles. The van der Waals surface area contributed by atoms with Gasteiger partial charge in [-0.05, 0) is 24.7 Å². The van der Waals surface area contributed by atoms with Crippen molar-refractivity contribution in [3.8, 4) is 5.75 Å². The number of nitrogens with zero attached hydrogens (tertiary/aromatic N) is 1. The molecule has 0 radical (unpaired) electrons. The van der Waals surface area contributed by atoms with E-state index >= 15 is 0 Å². The predicted molar refractivity (Wildman–Crippen MR) is 60.0 cm³/mol. The molecule has 0 bridgehead atoms. The summed E-state index contributed by atoms with van der Waals surface area (Å²) >= 11 is 5.65. The first kappa shape index (κ1) is 11.3. The fraction of sp³-hybridized carbons (Fsp3) is 0.455. The number of alkyl halides is 1. The van der Waals surface area contributed by atoms with Crippen LogP contribution >= 0.6 is 11.6 Å². The van der Waals surface area contributed by atoms with E-state index in [1.54, 1.807) is 7.11 Å². The number of ether oxygens (including phenoxy) is 1. The summed E-state index contributed by atoms with van der Waals surface area (Å²) < 4.78 is 5.15. The largest absolute Gasteiger partial charge is 0.497 e. The van der Waals surface area contributed by atoms with Crippen LogP contribution in [-0.4, -0.2) is 31.5 Å². The van der Waals surface area contributed by atoms with Gasteiger partial charge in [-0.2, -0.15) is 0 Å². The van der Waals surface area contributed by atoms with Crippen LogP contribution < -0.4 is 4.74 Å². The summed E-state index contributed by atoms with van der Waals surface area (Å²) in [5.74, 6) is 1.57. The van der Waals surface area contributed by atoms with Gasteiger partial charge >= 0.3 is 0 Å². The van der Waals surface area contributed by atoms with Crippen molar-refractivity contribution < 1.29 is 4.74 Å². The molecule has 2 nitrogen and oxygen atoms in total. The van der Waals surface area contributed by atoms with Gasteiger partial charge in [-0.15, -0.1) is 11.6 Å². The van der Waals surface area contributed by atoms with Crippen molar-refractivity contribution >= 4 is 11.6 Å². The Kier molecular flexibility index (Phi) is 4.77. The standard InChI is InChI=1S/C11H16ClNO/c1-13(7-6-12)9-10-4-3-5-11(8-10)14-2/h3-5,8H,6-7,9H2,1-2H3. The van der Waals surface area contributed by atoms with E-state index in [1.807, 2.05) is 18.2 Å². The Bertz CT molecular complexity index is 278. The van der Waals surface area contributed by atoms with E-state index in [1.165, 1.54) is 5.56 Å². The lowest BCUT2D eigenvalue weighted by Crippen LogP contribution is -2.19. The highest BCUT2D eigenvalue weighted by atomic mass is 35.5. The van der Waals surface area contributed by atoms with Crippen LogP contribution in [0.1, 0.15) is 5.56 Å². The fourth-order valence-corrected chi connectivity index (χ4v) is 1.59. The molecule has 0 spiro atoms. The zero-order chi connectivity index (χ0) is 10.4. The van der Waals surface area contributed by atoms with E-state index in [0.29, 0.717) is 5.88 Å². The van der Waals surface area contributed by atoms with Gasteiger partial charge in [-0.1, -0.05) is 12.1 Å². The third-order valence-electron chi connectivity index (χ3n) is 2.05. The summed E-state index contributed by atoms with van der Waals surface area (Å²) in [5.41, 5.74) is 1.25. The molecule has 0 aliphatic rings. The highest BCUT2D eigenvalue weighted by Gasteiger charge is 2.00. The van der Waals surface area contributed by atoms with Gasteiger partial charge in [0.1, 0.15) is 5.75 Å². The summed E-state index contributed by atoms with van der Waals surface area (Å²) in [6.45, 7) is 1.81. The van der Waals surface area contributed by atoms with E-state index in [-0.39, 0.29) is 0 Å². The third-order valence-corrected chi connectivity index (χ3v) is 2.22. The normalized spacial score (nSPS) is 10.6. The Hall–Kier alpha value is -0.730. The Morgan fingerprint density at radius 2 is 2.21 bits per heavy atom. The van der Waals surface area contributed by atoms with Crippen molar-refractivity contribution in [1.29, 1.82) is 0 Å². The van der Waals surface area contributed by atoms with Crippen molar-refractivity contribution in [1.82, 2.24) is 4.90 Å². The lowest BCUT2D eigenvalue weighted by atomic mass is 10.2. The summed E-state index contributed by atoms with van der Waals surface area (Å²) in [6.07, 6.45) is 0. The second-order valence-electron chi connectivity index (χ2n) is 3.28. The maximum absolute atomic E-state index is 5.65. The molecule has 0 fully saturated rings. The maximum atomic E-state index is 5.65. The van der Waals surface area contributed by atoms with E-state index < -0.39 is 0 Å². The van der Waals surface area contributed by atoms with Gasteiger partial charge in [-0.3, -0.25) is 0 Å². The van der Waals surface area contributed by atoms with E-state index in [9.17, 15) is 0 Å². The van der Waals surface area contributed by atoms with Gasteiger partial charge in [-0.25, -0.2) is 0 Å². The molecule has 0 N–H and O–H groups in total. The molecule has 1 aromatic rings. The molecule has 0 atom stereocenters. The molecule has 0 saturated heterocycles. The molecule has 0 aliphatic heterocycles. The Balaban J connectivity index is 2.57. The van der Waals surface area contributed by atoms with Crippen LogP contribution in [0.15, 0.2) is 24.3 Å². The molecule has 0 saturated carbocycles. The number of benzene rings is 1. The maximum Gasteiger partial charge on any atom is 0.119 e. The zero-order valence-corrected chi connectivity index (χ0v) is 9.42. The van der Waals surface area contributed by atoms with Crippen LogP contribution in [0.3, 0.4) is 0 Å². The van der Waals surface area contributed by atoms with Crippen LogP contribution in [0, 0.1) is 0 Å². The van der Waals surface area contributed by atoms with Crippen LogP contribution in [0.25, 0.3) is 0 Å². The molecule has 0 unspecified atom stereocenters. The average Bonchev–Trinajstić information content (AvgIpc) is 2.18. The minimum atomic E-state index is 0.667. The van der Waals surface area contributed by atoms with Gasteiger partial charge in [0.15, 0.2) is 0 Å². The summed E-state index contributed by atoms with van der Waals surface area (Å²) in [7, 11) is 3.74. The van der Waals surface area contributed by atoms with Crippen molar-refractivity contribution in [2.75, 3.05) is 26.6 Å². The lowest BCUT2D eigenvalue weighted by molar-refractivity contribution is 0.346. The summed E-state index contributed by atoms with van der Waals surface area (Å²) in [4.78, 5) is 2.18. The first-order valence-electron chi connectivity index (χ1n) is 4.63. The van der Waals surface area contributed by atoms with Crippen LogP contribution in [0.5, 0.6) is 5.75 Å². The number of halogens is 1. The number of methoxy groups -OCH3 is 1. The highest BCUT2D eigenvalue weighted by Crippen LogP contribution is 2.13. The van der Waals surface area contributed by atoms with Crippen molar-refractivity contribution in [2.45, 2.75) is 6.54 Å². The zero-order valence-electron chi connectivity index (χ0n) is 8.66. The second-order valence-corrected chi connectivity index (χ2v) is 3.66. The average molecular weight is 214 g/mol. The molecule has 1 rings (SSSR count). The van der Waals surface area contributed by atoms with Gasteiger partial charge < -0.3 is 9.64 Å². The number of hydrogen-bond donors (Lipinski definition) is 0. The summed E-state index contributed by atoms with van der Waals surface area (Å²) in [5, 5.41) is 0. The first-order chi connectivity index (χ1) is 6.76. The van der Waals surface area contributed by atoms with Crippen molar-refractivity contribution in [3.63, 3.8) is 0 Å². The smallest absolute Gasteiger partial charge is 0.119 e. The SMILES string of the molecule is COc1cccc(CN(C)CCCl)c1.